The summed E-state index contributed by atoms with van der Waals surface area (Å²) in [7, 11) is 2.48. The third-order valence-corrected chi connectivity index (χ3v) is 1.25. The molecule has 58 valence electrons. The molecule has 0 aliphatic carbocycles. The Morgan fingerprint density at radius 1 is 1.10 bits per heavy atom. The fourth-order valence-corrected chi connectivity index (χ4v) is 0.655. The molecule has 0 nitrogen and oxygen atoms in total. The van der Waals surface area contributed by atoms with Crippen LogP contribution in [0.3, 0.4) is 0 Å². The van der Waals surface area contributed by atoms with Crippen LogP contribution in [0.2, 0.25) is 0 Å². The molecular weight excluding hydrogens is 188 g/mol. The van der Waals surface area contributed by atoms with Gasteiger partial charge in [-0.3, -0.25) is 0 Å². The Bertz CT molecular complexity index is 155. The van der Waals surface area contributed by atoms with Crippen molar-refractivity contribution >= 4 is 36.9 Å². The van der Waals surface area contributed by atoms with E-state index in [1.807, 2.05) is 0 Å². The average Bonchev–Trinajstić information content (AvgIpc) is 1.77. The average molecular weight is 199 g/mol. The number of benzene rings is 1. The molecule has 0 saturated carbocycles. The summed E-state index contributed by atoms with van der Waals surface area (Å²) in [6.07, 6.45) is 0. The summed E-state index contributed by atoms with van der Waals surface area (Å²) in [6.45, 7) is 0. The maximum absolute atomic E-state index is 12.1. The molecule has 0 spiro atoms. The standard InChI is InChI=1S/C6H6FP.ClH.H3P/c7-5-1-3-6(8)4-2-5;;/h1-4H,8H2;1H;1H3. The number of hydrogen-bond acceptors (Lipinski definition) is 0. The van der Waals surface area contributed by atoms with Gasteiger partial charge in [0.2, 0.25) is 0 Å². The maximum Gasteiger partial charge on any atom is 0.123 e. The normalized spacial score (nSPS) is 7.40. The number of rotatable bonds is 0. The minimum atomic E-state index is -0.184. The third kappa shape index (κ3) is 4.17. The molecule has 1 rings (SSSR count). The van der Waals surface area contributed by atoms with E-state index in [4.69, 9.17) is 0 Å². The molecule has 0 aliphatic rings. The summed E-state index contributed by atoms with van der Waals surface area (Å²) >= 11 is 0. The van der Waals surface area contributed by atoms with Gasteiger partial charge in [-0.1, -0.05) is 12.1 Å². The van der Waals surface area contributed by atoms with Crippen LogP contribution in [0.15, 0.2) is 24.3 Å². The van der Waals surface area contributed by atoms with Crippen molar-refractivity contribution in [3.05, 3.63) is 30.1 Å². The minimum absolute atomic E-state index is 0. The number of hydrogen-bond donors (Lipinski definition) is 0. The predicted molar refractivity (Wildman–Crippen MR) is 54.1 cm³/mol. The monoisotopic (exact) mass is 198 g/mol. The Morgan fingerprint density at radius 2 is 1.50 bits per heavy atom. The second-order valence-electron chi connectivity index (χ2n) is 1.55. The molecule has 0 amide bonds. The van der Waals surface area contributed by atoms with Gasteiger partial charge in [0.15, 0.2) is 0 Å². The van der Waals surface area contributed by atoms with Gasteiger partial charge in [0.25, 0.3) is 0 Å². The summed E-state index contributed by atoms with van der Waals surface area (Å²) in [5.41, 5.74) is 0. The van der Waals surface area contributed by atoms with Crippen LogP contribution in [0.1, 0.15) is 0 Å². The van der Waals surface area contributed by atoms with E-state index < -0.39 is 0 Å². The van der Waals surface area contributed by atoms with E-state index in [2.05, 4.69) is 9.24 Å². The van der Waals surface area contributed by atoms with Gasteiger partial charge >= 0.3 is 0 Å². The SMILES string of the molecule is Cl.Fc1ccc(P)cc1.P. The van der Waals surface area contributed by atoms with Gasteiger partial charge < -0.3 is 0 Å². The van der Waals surface area contributed by atoms with Crippen LogP contribution in [0, 0.1) is 5.82 Å². The van der Waals surface area contributed by atoms with E-state index >= 15 is 0 Å². The molecule has 1 aromatic rings. The van der Waals surface area contributed by atoms with Crippen LogP contribution in [0.4, 0.5) is 4.39 Å². The van der Waals surface area contributed by atoms with Crippen molar-refractivity contribution < 1.29 is 4.39 Å². The predicted octanol–water partition coefficient (Wildman–Crippen LogP) is 1.81. The van der Waals surface area contributed by atoms with Crippen molar-refractivity contribution in [1.29, 1.82) is 0 Å². The summed E-state index contributed by atoms with van der Waals surface area (Å²) in [5, 5.41) is 1.01. The van der Waals surface area contributed by atoms with Crippen molar-refractivity contribution in [3.8, 4) is 0 Å². The van der Waals surface area contributed by atoms with Gasteiger partial charge in [-0.2, -0.15) is 9.90 Å². The van der Waals surface area contributed by atoms with E-state index in [1.54, 1.807) is 12.1 Å². The summed E-state index contributed by atoms with van der Waals surface area (Å²) in [5.74, 6) is -0.184. The molecule has 0 N–H and O–H groups in total. The van der Waals surface area contributed by atoms with Crippen LogP contribution in [-0.2, 0) is 0 Å². The van der Waals surface area contributed by atoms with Gasteiger partial charge in [0.05, 0.1) is 0 Å². The molecule has 0 aliphatic heterocycles. The van der Waals surface area contributed by atoms with Gasteiger partial charge in [0, 0.05) is 0 Å². The van der Waals surface area contributed by atoms with Crippen molar-refractivity contribution in [2.24, 2.45) is 0 Å². The van der Waals surface area contributed by atoms with E-state index in [-0.39, 0.29) is 28.1 Å². The molecule has 4 heteroatoms. The van der Waals surface area contributed by atoms with Crippen LogP contribution in [0.25, 0.3) is 0 Å². The summed E-state index contributed by atoms with van der Waals surface area (Å²) in [4.78, 5) is 0. The lowest BCUT2D eigenvalue weighted by Crippen LogP contribution is -1.86. The lowest BCUT2D eigenvalue weighted by atomic mass is 10.4. The van der Waals surface area contributed by atoms with Crippen LogP contribution >= 0.6 is 31.5 Å². The maximum atomic E-state index is 12.1. The highest BCUT2D eigenvalue weighted by molar-refractivity contribution is 7.27. The first-order valence-electron chi connectivity index (χ1n) is 2.30. The molecule has 0 heterocycles. The second kappa shape index (κ2) is 6.04. The van der Waals surface area contributed by atoms with Gasteiger partial charge in [-0.15, -0.1) is 21.6 Å². The molecule has 10 heavy (non-hydrogen) atoms. The summed E-state index contributed by atoms with van der Waals surface area (Å²) in [6, 6.07) is 6.28. The zero-order chi connectivity index (χ0) is 5.98. The smallest absolute Gasteiger partial charge is 0.123 e. The molecule has 0 fully saturated rings. The Kier molecular flexibility index (Phi) is 7.81. The van der Waals surface area contributed by atoms with Crippen molar-refractivity contribution in [2.75, 3.05) is 0 Å². The quantitative estimate of drug-likeness (QED) is 0.558. The molecule has 0 bridgehead atoms. The minimum Gasteiger partial charge on any atom is -0.207 e. The van der Waals surface area contributed by atoms with Crippen molar-refractivity contribution in [3.63, 3.8) is 0 Å². The molecule has 0 aromatic heterocycles. The van der Waals surface area contributed by atoms with Crippen LogP contribution in [0.5, 0.6) is 0 Å². The highest BCUT2D eigenvalue weighted by Gasteiger charge is 1.83. The van der Waals surface area contributed by atoms with Crippen LogP contribution in [-0.4, -0.2) is 0 Å². The Morgan fingerprint density at radius 3 is 1.80 bits per heavy atom. The topological polar surface area (TPSA) is 0 Å². The second-order valence-corrected chi connectivity index (χ2v) is 2.22. The largest absolute Gasteiger partial charge is 0.207 e. The highest BCUT2D eigenvalue weighted by atomic mass is 35.5. The fourth-order valence-electron chi connectivity index (χ4n) is 0.463. The van der Waals surface area contributed by atoms with E-state index in [1.165, 1.54) is 12.1 Å². The van der Waals surface area contributed by atoms with Gasteiger partial charge in [-0.05, 0) is 17.4 Å². The molecule has 2 atom stereocenters. The zero-order valence-electron chi connectivity index (χ0n) is 5.38. The molecular formula is C6H10ClFP2. The summed E-state index contributed by atoms with van der Waals surface area (Å²) < 4.78 is 12.1. The number of halogens is 2. The van der Waals surface area contributed by atoms with E-state index in [0.29, 0.717) is 0 Å². The first-order valence-corrected chi connectivity index (χ1v) is 2.88. The van der Waals surface area contributed by atoms with Crippen LogP contribution < -0.4 is 5.30 Å². The fraction of sp³-hybridized carbons (Fsp3) is 0. The Labute approximate surface area is 71.8 Å². The van der Waals surface area contributed by atoms with E-state index in [0.717, 1.165) is 5.30 Å². The third-order valence-electron chi connectivity index (χ3n) is 0.870. The Hall–Kier alpha value is 0.300. The lowest BCUT2D eigenvalue weighted by Gasteiger charge is -1.86. The first-order chi connectivity index (χ1) is 3.79. The van der Waals surface area contributed by atoms with Crippen molar-refractivity contribution in [1.82, 2.24) is 0 Å². The van der Waals surface area contributed by atoms with Gasteiger partial charge in [0.1, 0.15) is 5.82 Å². The molecule has 0 saturated heterocycles. The highest BCUT2D eigenvalue weighted by Crippen LogP contribution is 1.94. The van der Waals surface area contributed by atoms with E-state index in [9.17, 15) is 4.39 Å². The molecule has 1 aromatic carbocycles. The Balaban J connectivity index is 0. The van der Waals surface area contributed by atoms with Crippen molar-refractivity contribution in [2.45, 2.75) is 0 Å². The van der Waals surface area contributed by atoms with Gasteiger partial charge in [-0.25, -0.2) is 4.39 Å². The first kappa shape index (κ1) is 12.9. The lowest BCUT2D eigenvalue weighted by molar-refractivity contribution is 0.628. The molecule has 2 unspecified atom stereocenters. The zero-order valence-corrected chi connectivity index (χ0v) is 8.77. The molecule has 0 radical (unpaired) electrons.